The molecule has 0 atom stereocenters. The predicted molar refractivity (Wildman–Crippen MR) is 107 cm³/mol. The molecule has 0 radical (unpaired) electrons. The second kappa shape index (κ2) is 8.00. The van der Waals surface area contributed by atoms with Gasteiger partial charge < -0.3 is 15.4 Å². The standard InChI is InChI=1S/C18H16BrN5O3/c1-11-16(24(25)26)17(21-14-4-3-5-15(10-14)27-2)23-18(20-11)22-13-8-6-12(19)7-9-13/h3-10H,1-2H3,(H2,20,21,22,23). The molecule has 0 saturated heterocycles. The summed E-state index contributed by atoms with van der Waals surface area (Å²) < 4.78 is 6.12. The average Bonchev–Trinajstić information content (AvgIpc) is 2.63. The maximum Gasteiger partial charge on any atom is 0.332 e. The van der Waals surface area contributed by atoms with Crippen LogP contribution in [0.3, 0.4) is 0 Å². The number of nitrogens with one attached hydrogen (secondary N) is 2. The molecule has 0 amide bonds. The van der Waals surface area contributed by atoms with Crippen molar-refractivity contribution in [1.29, 1.82) is 0 Å². The SMILES string of the molecule is COc1cccc(Nc2nc(Nc3ccc(Br)cc3)nc(C)c2[N+](=O)[O-])c1. The summed E-state index contributed by atoms with van der Waals surface area (Å²) in [7, 11) is 1.55. The van der Waals surface area contributed by atoms with Crippen molar-refractivity contribution in [3.63, 3.8) is 0 Å². The summed E-state index contributed by atoms with van der Waals surface area (Å²) in [4.78, 5) is 19.5. The number of anilines is 4. The van der Waals surface area contributed by atoms with Crippen LogP contribution < -0.4 is 15.4 Å². The van der Waals surface area contributed by atoms with Crippen molar-refractivity contribution < 1.29 is 9.66 Å². The van der Waals surface area contributed by atoms with Crippen LogP contribution >= 0.6 is 15.9 Å². The Bertz CT molecular complexity index is 979. The van der Waals surface area contributed by atoms with Gasteiger partial charge in [0.2, 0.25) is 11.8 Å². The monoisotopic (exact) mass is 429 g/mol. The number of halogens is 1. The van der Waals surface area contributed by atoms with Crippen LogP contribution in [-0.2, 0) is 0 Å². The smallest absolute Gasteiger partial charge is 0.332 e. The van der Waals surface area contributed by atoms with Crippen LogP contribution in [0.1, 0.15) is 5.69 Å². The normalized spacial score (nSPS) is 10.3. The van der Waals surface area contributed by atoms with Crippen LogP contribution in [0.4, 0.5) is 28.8 Å². The summed E-state index contributed by atoms with van der Waals surface area (Å²) in [6.07, 6.45) is 0. The lowest BCUT2D eigenvalue weighted by Crippen LogP contribution is -2.07. The molecule has 0 aliphatic heterocycles. The molecule has 0 fully saturated rings. The van der Waals surface area contributed by atoms with E-state index < -0.39 is 4.92 Å². The van der Waals surface area contributed by atoms with E-state index in [-0.39, 0.29) is 23.1 Å². The van der Waals surface area contributed by atoms with E-state index in [1.807, 2.05) is 24.3 Å². The van der Waals surface area contributed by atoms with Gasteiger partial charge in [0.05, 0.1) is 12.0 Å². The second-order valence-corrected chi connectivity index (χ2v) is 6.49. The van der Waals surface area contributed by atoms with Crippen LogP contribution in [-0.4, -0.2) is 22.0 Å². The van der Waals surface area contributed by atoms with Crippen molar-refractivity contribution in [3.05, 3.63) is 68.8 Å². The molecule has 0 aliphatic carbocycles. The molecule has 0 spiro atoms. The van der Waals surface area contributed by atoms with Crippen molar-refractivity contribution >= 4 is 44.8 Å². The van der Waals surface area contributed by atoms with E-state index in [0.717, 1.165) is 10.2 Å². The molecule has 0 aliphatic rings. The molecule has 8 nitrogen and oxygen atoms in total. The van der Waals surface area contributed by atoms with Gasteiger partial charge in [-0.3, -0.25) is 10.1 Å². The lowest BCUT2D eigenvalue weighted by atomic mass is 10.3. The Morgan fingerprint density at radius 1 is 1.07 bits per heavy atom. The van der Waals surface area contributed by atoms with E-state index in [1.54, 1.807) is 38.3 Å². The maximum atomic E-state index is 11.5. The lowest BCUT2D eigenvalue weighted by molar-refractivity contribution is -0.385. The molecule has 3 aromatic rings. The number of hydrogen-bond acceptors (Lipinski definition) is 7. The molecule has 1 heterocycles. The molecule has 27 heavy (non-hydrogen) atoms. The number of aromatic nitrogens is 2. The summed E-state index contributed by atoms with van der Waals surface area (Å²) in [5, 5.41) is 17.5. The molecular formula is C18H16BrN5O3. The Kier molecular flexibility index (Phi) is 5.51. The van der Waals surface area contributed by atoms with E-state index >= 15 is 0 Å². The first-order chi connectivity index (χ1) is 13.0. The van der Waals surface area contributed by atoms with Gasteiger partial charge in [0, 0.05) is 21.9 Å². The minimum atomic E-state index is -0.499. The van der Waals surface area contributed by atoms with Gasteiger partial charge in [-0.25, -0.2) is 4.98 Å². The molecule has 0 bridgehead atoms. The number of hydrogen-bond donors (Lipinski definition) is 2. The van der Waals surface area contributed by atoms with Crippen molar-refractivity contribution in [2.24, 2.45) is 0 Å². The van der Waals surface area contributed by atoms with Crippen LogP contribution in [0, 0.1) is 17.0 Å². The molecule has 1 aromatic heterocycles. The second-order valence-electron chi connectivity index (χ2n) is 5.58. The fourth-order valence-corrected chi connectivity index (χ4v) is 2.69. The zero-order valence-electron chi connectivity index (χ0n) is 14.6. The van der Waals surface area contributed by atoms with Gasteiger partial charge in [0.15, 0.2) is 0 Å². The van der Waals surface area contributed by atoms with E-state index in [9.17, 15) is 10.1 Å². The predicted octanol–water partition coefficient (Wildman–Crippen LogP) is 4.95. The molecule has 0 saturated carbocycles. The van der Waals surface area contributed by atoms with Gasteiger partial charge in [-0.1, -0.05) is 22.0 Å². The lowest BCUT2D eigenvalue weighted by Gasteiger charge is -2.11. The Morgan fingerprint density at radius 3 is 2.48 bits per heavy atom. The molecule has 2 aromatic carbocycles. The fraction of sp³-hybridized carbons (Fsp3) is 0.111. The van der Waals surface area contributed by atoms with Gasteiger partial charge in [-0.05, 0) is 43.3 Å². The van der Waals surface area contributed by atoms with E-state index in [1.165, 1.54) is 0 Å². The Balaban J connectivity index is 1.97. The molecule has 9 heteroatoms. The fourth-order valence-electron chi connectivity index (χ4n) is 2.43. The highest BCUT2D eigenvalue weighted by Gasteiger charge is 2.22. The number of ether oxygens (including phenoxy) is 1. The molecule has 0 unspecified atom stereocenters. The molecule has 2 N–H and O–H groups in total. The van der Waals surface area contributed by atoms with Crippen molar-refractivity contribution in [2.45, 2.75) is 6.92 Å². The minimum Gasteiger partial charge on any atom is -0.497 e. The maximum absolute atomic E-state index is 11.5. The summed E-state index contributed by atoms with van der Waals surface area (Å²) >= 11 is 3.37. The minimum absolute atomic E-state index is 0.0976. The number of methoxy groups -OCH3 is 1. The highest BCUT2D eigenvalue weighted by Crippen LogP contribution is 2.31. The third-order valence-corrected chi connectivity index (χ3v) is 4.20. The van der Waals surface area contributed by atoms with E-state index in [0.29, 0.717) is 11.4 Å². The van der Waals surface area contributed by atoms with Gasteiger partial charge in [0.25, 0.3) is 0 Å². The third kappa shape index (κ3) is 4.50. The van der Waals surface area contributed by atoms with Gasteiger partial charge in [0.1, 0.15) is 11.4 Å². The van der Waals surface area contributed by atoms with E-state index in [2.05, 4.69) is 36.5 Å². The average molecular weight is 430 g/mol. The van der Waals surface area contributed by atoms with Crippen molar-refractivity contribution in [3.8, 4) is 5.75 Å². The zero-order valence-corrected chi connectivity index (χ0v) is 16.1. The van der Waals surface area contributed by atoms with Gasteiger partial charge in [-0.15, -0.1) is 0 Å². The highest BCUT2D eigenvalue weighted by atomic mass is 79.9. The number of rotatable bonds is 6. The quantitative estimate of drug-likeness (QED) is 0.421. The summed E-state index contributed by atoms with van der Waals surface area (Å²) in [6, 6.07) is 14.5. The van der Waals surface area contributed by atoms with Crippen molar-refractivity contribution in [2.75, 3.05) is 17.7 Å². The number of nitrogens with zero attached hydrogens (tertiary/aromatic N) is 3. The van der Waals surface area contributed by atoms with E-state index in [4.69, 9.17) is 4.74 Å². The first kappa shape index (κ1) is 18.6. The van der Waals surface area contributed by atoms with Gasteiger partial charge >= 0.3 is 5.69 Å². The first-order valence-corrected chi connectivity index (χ1v) is 8.72. The number of nitro groups is 1. The van der Waals surface area contributed by atoms with Crippen LogP contribution in [0.2, 0.25) is 0 Å². The number of aryl methyl sites for hydroxylation is 1. The van der Waals surface area contributed by atoms with Gasteiger partial charge in [-0.2, -0.15) is 4.98 Å². The largest absolute Gasteiger partial charge is 0.497 e. The number of benzene rings is 2. The Hall–Kier alpha value is -3.20. The summed E-state index contributed by atoms with van der Waals surface area (Å²) in [6.45, 7) is 1.57. The molecular weight excluding hydrogens is 414 g/mol. The molecule has 3 rings (SSSR count). The zero-order chi connectivity index (χ0) is 19.4. The summed E-state index contributed by atoms with van der Waals surface area (Å²) in [5.41, 5.74) is 1.45. The van der Waals surface area contributed by atoms with Crippen molar-refractivity contribution in [1.82, 2.24) is 9.97 Å². The van der Waals surface area contributed by atoms with Crippen LogP contribution in [0.15, 0.2) is 53.0 Å². The first-order valence-electron chi connectivity index (χ1n) is 7.93. The van der Waals surface area contributed by atoms with Crippen LogP contribution in [0.5, 0.6) is 5.75 Å². The molecule has 138 valence electrons. The third-order valence-electron chi connectivity index (χ3n) is 3.67. The highest BCUT2D eigenvalue weighted by molar-refractivity contribution is 9.10. The van der Waals surface area contributed by atoms with Crippen LogP contribution in [0.25, 0.3) is 0 Å². The Labute approximate surface area is 163 Å². The topological polar surface area (TPSA) is 102 Å². The summed E-state index contributed by atoms with van der Waals surface area (Å²) in [5.74, 6) is 0.979. The Morgan fingerprint density at radius 2 is 1.81 bits per heavy atom.